The number of benzene rings is 1. The van der Waals surface area contributed by atoms with E-state index in [0.29, 0.717) is 0 Å². The number of Topliss-reactive ketones (excluding diaryl/α,β-unsaturated/α-hetero) is 1. The predicted octanol–water partition coefficient (Wildman–Crippen LogP) is 1.81. The van der Waals surface area contributed by atoms with Crippen LogP contribution in [0, 0.1) is 0 Å². The Labute approximate surface area is 89.9 Å². The zero-order valence-electron chi connectivity index (χ0n) is 8.43. The fraction of sp³-hybridized carbons (Fsp3) is 0.300. The number of halogens is 3. The van der Waals surface area contributed by atoms with Gasteiger partial charge in [-0.3, -0.25) is 4.79 Å². The Morgan fingerprint density at radius 1 is 1.44 bits per heavy atom. The average molecular weight is 233 g/mol. The fourth-order valence-corrected chi connectivity index (χ4v) is 1.25. The van der Waals surface area contributed by atoms with E-state index in [2.05, 4.69) is 5.32 Å². The van der Waals surface area contributed by atoms with Gasteiger partial charge in [-0.25, -0.2) is 0 Å². The number of ketones is 1. The molecular weight excluding hydrogens is 223 g/mol. The third kappa shape index (κ3) is 2.52. The van der Waals surface area contributed by atoms with E-state index >= 15 is 0 Å². The number of phenols is 1. The summed E-state index contributed by atoms with van der Waals surface area (Å²) in [4.78, 5) is 11.4. The van der Waals surface area contributed by atoms with Crippen LogP contribution >= 0.6 is 0 Å². The summed E-state index contributed by atoms with van der Waals surface area (Å²) in [5.41, 5.74) is -1.53. The van der Waals surface area contributed by atoms with Crippen molar-refractivity contribution < 1.29 is 23.1 Å². The molecule has 0 spiro atoms. The van der Waals surface area contributed by atoms with Gasteiger partial charge in [0.15, 0.2) is 5.78 Å². The van der Waals surface area contributed by atoms with Crippen molar-refractivity contribution in [1.82, 2.24) is 5.32 Å². The number of carbonyl (C=O) groups is 1. The molecule has 0 aromatic heterocycles. The highest BCUT2D eigenvalue weighted by Crippen LogP contribution is 2.37. The molecule has 16 heavy (non-hydrogen) atoms. The topological polar surface area (TPSA) is 49.3 Å². The first-order chi connectivity index (χ1) is 7.38. The van der Waals surface area contributed by atoms with E-state index in [4.69, 9.17) is 0 Å². The van der Waals surface area contributed by atoms with Gasteiger partial charge in [-0.15, -0.1) is 0 Å². The number of likely N-dealkylation sites (N-methyl/N-ethyl adjacent to an activating group) is 1. The van der Waals surface area contributed by atoms with E-state index in [1.54, 1.807) is 0 Å². The number of hydrogen-bond donors (Lipinski definition) is 2. The summed E-state index contributed by atoms with van der Waals surface area (Å²) in [6, 6.07) is 2.97. The zero-order valence-corrected chi connectivity index (χ0v) is 8.43. The van der Waals surface area contributed by atoms with Gasteiger partial charge in [0.1, 0.15) is 5.75 Å². The van der Waals surface area contributed by atoms with Gasteiger partial charge in [-0.1, -0.05) is 6.07 Å². The van der Waals surface area contributed by atoms with Crippen molar-refractivity contribution in [3.8, 4) is 5.75 Å². The Morgan fingerprint density at radius 3 is 2.56 bits per heavy atom. The Balaban J connectivity index is 3.19. The summed E-state index contributed by atoms with van der Waals surface area (Å²) in [5, 5.41) is 11.9. The van der Waals surface area contributed by atoms with Crippen LogP contribution in [0.3, 0.4) is 0 Å². The molecule has 1 aromatic carbocycles. The zero-order chi connectivity index (χ0) is 12.3. The van der Waals surface area contributed by atoms with Crippen molar-refractivity contribution in [1.29, 1.82) is 0 Å². The number of phenolic OH excluding ortho intramolecular Hbond substituents is 1. The van der Waals surface area contributed by atoms with Crippen LogP contribution in [0.25, 0.3) is 0 Å². The highest BCUT2D eigenvalue weighted by Gasteiger charge is 2.35. The van der Waals surface area contributed by atoms with E-state index in [9.17, 15) is 23.1 Å². The van der Waals surface area contributed by atoms with Crippen LogP contribution in [0.1, 0.15) is 15.9 Å². The number of nitrogens with one attached hydrogen (secondary N) is 1. The summed E-state index contributed by atoms with van der Waals surface area (Å²) >= 11 is 0. The van der Waals surface area contributed by atoms with Gasteiger partial charge in [-0.2, -0.15) is 13.2 Å². The molecule has 0 amide bonds. The highest BCUT2D eigenvalue weighted by atomic mass is 19.4. The summed E-state index contributed by atoms with van der Waals surface area (Å²) in [6.07, 6.45) is -4.67. The van der Waals surface area contributed by atoms with Crippen LogP contribution in [0.5, 0.6) is 5.75 Å². The van der Waals surface area contributed by atoms with Crippen molar-refractivity contribution in [3.05, 3.63) is 29.3 Å². The molecule has 0 radical (unpaired) electrons. The standard InChI is InChI=1S/C10H10F3NO2/c1-14-5-8(15)6-3-2-4-7(9(6)16)10(11,12)13/h2-4,14,16H,5H2,1H3. The Kier molecular flexibility index (Phi) is 3.54. The maximum absolute atomic E-state index is 12.4. The minimum atomic E-state index is -4.67. The SMILES string of the molecule is CNCC(=O)c1cccc(C(F)(F)F)c1O. The van der Waals surface area contributed by atoms with Crippen LogP contribution in [0.15, 0.2) is 18.2 Å². The van der Waals surface area contributed by atoms with Gasteiger partial charge in [-0.05, 0) is 19.2 Å². The van der Waals surface area contributed by atoms with Gasteiger partial charge in [0.2, 0.25) is 0 Å². The number of hydrogen-bond acceptors (Lipinski definition) is 3. The lowest BCUT2D eigenvalue weighted by Gasteiger charge is -2.11. The van der Waals surface area contributed by atoms with Gasteiger partial charge in [0, 0.05) is 0 Å². The van der Waals surface area contributed by atoms with E-state index in [1.807, 2.05) is 0 Å². The molecule has 0 fully saturated rings. The molecule has 2 N–H and O–H groups in total. The van der Waals surface area contributed by atoms with Crippen molar-refractivity contribution in [2.24, 2.45) is 0 Å². The fourth-order valence-electron chi connectivity index (χ4n) is 1.25. The Bertz CT molecular complexity index is 402. The molecule has 0 unspecified atom stereocenters. The maximum atomic E-state index is 12.4. The molecule has 88 valence electrons. The van der Waals surface area contributed by atoms with E-state index in [1.165, 1.54) is 7.05 Å². The molecule has 6 heteroatoms. The monoisotopic (exact) mass is 233 g/mol. The van der Waals surface area contributed by atoms with Crippen molar-refractivity contribution >= 4 is 5.78 Å². The van der Waals surface area contributed by atoms with E-state index < -0.39 is 23.3 Å². The Hall–Kier alpha value is -1.56. The number of alkyl halides is 3. The first-order valence-electron chi connectivity index (χ1n) is 4.45. The smallest absolute Gasteiger partial charge is 0.419 e. The third-order valence-corrected chi connectivity index (χ3v) is 1.98. The van der Waals surface area contributed by atoms with Gasteiger partial charge < -0.3 is 10.4 Å². The second-order valence-electron chi connectivity index (χ2n) is 3.15. The quantitative estimate of drug-likeness (QED) is 0.783. The van der Waals surface area contributed by atoms with E-state index in [0.717, 1.165) is 18.2 Å². The molecule has 1 rings (SSSR count). The summed E-state index contributed by atoms with van der Waals surface area (Å²) in [7, 11) is 1.49. The summed E-state index contributed by atoms with van der Waals surface area (Å²) in [6.45, 7) is -0.130. The lowest BCUT2D eigenvalue weighted by molar-refractivity contribution is -0.138. The number of para-hydroxylation sites is 1. The highest BCUT2D eigenvalue weighted by molar-refractivity contribution is 6.00. The Morgan fingerprint density at radius 2 is 2.06 bits per heavy atom. The summed E-state index contributed by atoms with van der Waals surface area (Å²) < 4.78 is 37.2. The number of aromatic hydroxyl groups is 1. The van der Waals surface area contributed by atoms with Crippen molar-refractivity contribution in [2.75, 3.05) is 13.6 Å². The van der Waals surface area contributed by atoms with Crippen LogP contribution in [0.4, 0.5) is 13.2 Å². The minimum absolute atomic E-state index is 0.130. The second-order valence-corrected chi connectivity index (χ2v) is 3.15. The normalized spacial score (nSPS) is 11.5. The first kappa shape index (κ1) is 12.5. The summed E-state index contributed by atoms with van der Waals surface area (Å²) in [5.74, 6) is -1.61. The second kappa shape index (κ2) is 4.52. The van der Waals surface area contributed by atoms with E-state index in [-0.39, 0.29) is 12.1 Å². The molecule has 0 aliphatic heterocycles. The molecule has 0 atom stereocenters. The molecule has 0 aliphatic carbocycles. The largest absolute Gasteiger partial charge is 0.507 e. The molecule has 0 saturated heterocycles. The number of rotatable bonds is 3. The molecular formula is C10H10F3NO2. The molecule has 3 nitrogen and oxygen atoms in total. The van der Waals surface area contributed by atoms with Crippen LogP contribution in [-0.2, 0) is 6.18 Å². The molecule has 0 saturated carbocycles. The van der Waals surface area contributed by atoms with Gasteiger partial charge in [0.25, 0.3) is 0 Å². The average Bonchev–Trinajstić information content (AvgIpc) is 2.16. The predicted molar refractivity (Wildman–Crippen MR) is 51.4 cm³/mol. The molecule has 0 heterocycles. The lowest BCUT2D eigenvalue weighted by atomic mass is 10.0. The third-order valence-electron chi connectivity index (χ3n) is 1.98. The minimum Gasteiger partial charge on any atom is -0.507 e. The number of carbonyl (C=O) groups excluding carboxylic acids is 1. The van der Waals surface area contributed by atoms with Crippen LogP contribution in [0.2, 0.25) is 0 Å². The maximum Gasteiger partial charge on any atom is 0.419 e. The lowest BCUT2D eigenvalue weighted by Crippen LogP contribution is -2.19. The first-order valence-corrected chi connectivity index (χ1v) is 4.45. The molecule has 0 aliphatic rings. The molecule has 0 bridgehead atoms. The molecule has 1 aromatic rings. The van der Waals surface area contributed by atoms with Gasteiger partial charge in [0.05, 0.1) is 17.7 Å². The van der Waals surface area contributed by atoms with Gasteiger partial charge >= 0.3 is 6.18 Å². The van der Waals surface area contributed by atoms with Crippen LogP contribution in [-0.4, -0.2) is 24.5 Å². The van der Waals surface area contributed by atoms with Crippen molar-refractivity contribution in [2.45, 2.75) is 6.18 Å². The van der Waals surface area contributed by atoms with Crippen molar-refractivity contribution in [3.63, 3.8) is 0 Å². The van der Waals surface area contributed by atoms with Crippen LogP contribution < -0.4 is 5.32 Å².